The molecule has 0 spiro atoms. The molecule has 3 heterocycles. The van der Waals surface area contributed by atoms with Crippen LogP contribution in [0.15, 0.2) is 30.6 Å². The van der Waals surface area contributed by atoms with Gasteiger partial charge in [-0.15, -0.1) is 0 Å². The molecule has 1 atom stereocenters. The van der Waals surface area contributed by atoms with Crippen LogP contribution in [0.3, 0.4) is 0 Å². The van der Waals surface area contributed by atoms with Gasteiger partial charge in [0, 0.05) is 18.3 Å². The predicted molar refractivity (Wildman–Crippen MR) is 86.0 cm³/mol. The molecule has 1 aromatic heterocycles. The molecule has 0 saturated carbocycles. The maximum absolute atomic E-state index is 12.9. The SMILES string of the molecule is Cc1cnn(C[C@@H]2CCCN2C(=O)c2ccc3c(c2)COC3)c1. The molecule has 2 aliphatic rings. The molecule has 2 aromatic rings. The van der Waals surface area contributed by atoms with Crippen LogP contribution in [0, 0.1) is 6.92 Å². The topological polar surface area (TPSA) is 47.4 Å². The lowest BCUT2D eigenvalue weighted by Gasteiger charge is -2.25. The Kier molecular flexibility index (Phi) is 3.65. The van der Waals surface area contributed by atoms with Crippen LogP contribution in [0.5, 0.6) is 0 Å². The van der Waals surface area contributed by atoms with Gasteiger partial charge in [0.1, 0.15) is 0 Å². The van der Waals surface area contributed by atoms with E-state index in [1.54, 1.807) is 0 Å². The highest BCUT2D eigenvalue weighted by Crippen LogP contribution is 2.25. The number of aryl methyl sites for hydroxylation is 1. The molecular formula is C18H21N3O2. The van der Waals surface area contributed by atoms with Crippen molar-refractivity contribution in [2.75, 3.05) is 6.54 Å². The molecule has 0 N–H and O–H groups in total. The highest BCUT2D eigenvalue weighted by atomic mass is 16.5. The summed E-state index contributed by atoms with van der Waals surface area (Å²) in [4.78, 5) is 14.9. The molecule has 1 aromatic carbocycles. The van der Waals surface area contributed by atoms with Crippen molar-refractivity contribution in [2.24, 2.45) is 0 Å². The van der Waals surface area contributed by atoms with Crippen molar-refractivity contribution < 1.29 is 9.53 Å². The maximum atomic E-state index is 12.9. The molecule has 4 rings (SSSR count). The van der Waals surface area contributed by atoms with E-state index >= 15 is 0 Å². The summed E-state index contributed by atoms with van der Waals surface area (Å²) < 4.78 is 7.39. The molecule has 0 radical (unpaired) electrons. The lowest BCUT2D eigenvalue weighted by atomic mass is 10.1. The van der Waals surface area contributed by atoms with E-state index in [2.05, 4.69) is 5.10 Å². The molecule has 5 heteroatoms. The molecule has 0 bridgehead atoms. The minimum Gasteiger partial charge on any atom is -0.372 e. The van der Waals surface area contributed by atoms with Gasteiger partial charge in [0.05, 0.1) is 32.0 Å². The van der Waals surface area contributed by atoms with Gasteiger partial charge in [-0.2, -0.15) is 5.10 Å². The van der Waals surface area contributed by atoms with Gasteiger partial charge in [-0.1, -0.05) is 6.07 Å². The van der Waals surface area contributed by atoms with E-state index in [1.807, 2.05) is 47.1 Å². The molecule has 0 unspecified atom stereocenters. The second-order valence-corrected chi connectivity index (χ2v) is 6.51. The number of likely N-dealkylation sites (tertiary alicyclic amines) is 1. The Bertz CT molecular complexity index is 738. The summed E-state index contributed by atoms with van der Waals surface area (Å²) in [6.45, 7) is 4.92. The molecule has 120 valence electrons. The van der Waals surface area contributed by atoms with Crippen LogP contribution in [-0.4, -0.2) is 33.2 Å². The van der Waals surface area contributed by atoms with E-state index in [0.717, 1.165) is 42.6 Å². The van der Waals surface area contributed by atoms with Crippen LogP contribution in [0.1, 0.15) is 39.9 Å². The molecule has 2 aliphatic heterocycles. The Balaban J connectivity index is 1.52. The standard InChI is InChI=1S/C18H21N3O2/c1-13-8-19-20(9-13)10-17-3-2-6-21(17)18(22)14-4-5-15-11-23-12-16(15)7-14/h4-5,7-9,17H,2-3,6,10-12H2,1H3/t17-/m0/s1. The van der Waals surface area contributed by atoms with E-state index in [9.17, 15) is 4.79 Å². The molecular weight excluding hydrogens is 290 g/mol. The summed E-state index contributed by atoms with van der Waals surface area (Å²) in [6.07, 6.45) is 6.00. The number of aromatic nitrogens is 2. The van der Waals surface area contributed by atoms with Crippen molar-refractivity contribution in [1.82, 2.24) is 14.7 Å². The fourth-order valence-electron chi connectivity index (χ4n) is 3.55. The smallest absolute Gasteiger partial charge is 0.254 e. The van der Waals surface area contributed by atoms with Gasteiger partial charge in [-0.3, -0.25) is 9.48 Å². The van der Waals surface area contributed by atoms with Crippen molar-refractivity contribution in [1.29, 1.82) is 0 Å². The normalized spacial score (nSPS) is 20.0. The summed E-state index contributed by atoms with van der Waals surface area (Å²) >= 11 is 0. The van der Waals surface area contributed by atoms with E-state index in [0.29, 0.717) is 13.2 Å². The van der Waals surface area contributed by atoms with E-state index in [-0.39, 0.29) is 11.9 Å². The first-order valence-corrected chi connectivity index (χ1v) is 8.20. The Morgan fingerprint density at radius 1 is 1.35 bits per heavy atom. The van der Waals surface area contributed by atoms with Crippen molar-refractivity contribution in [3.8, 4) is 0 Å². The van der Waals surface area contributed by atoms with Crippen LogP contribution in [0.25, 0.3) is 0 Å². The van der Waals surface area contributed by atoms with E-state index < -0.39 is 0 Å². The average Bonchev–Trinajstić information content (AvgIpc) is 3.27. The Hall–Kier alpha value is -2.14. The number of hydrogen-bond acceptors (Lipinski definition) is 3. The van der Waals surface area contributed by atoms with Crippen LogP contribution in [-0.2, 0) is 24.5 Å². The van der Waals surface area contributed by atoms with Crippen LogP contribution >= 0.6 is 0 Å². The van der Waals surface area contributed by atoms with Gasteiger partial charge < -0.3 is 9.64 Å². The Labute approximate surface area is 135 Å². The average molecular weight is 311 g/mol. The zero-order valence-electron chi connectivity index (χ0n) is 13.4. The van der Waals surface area contributed by atoms with Crippen LogP contribution < -0.4 is 0 Å². The van der Waals surface area contributed by atoms with Gasteiger partial charge in [-0.25, -0.2) is 0 Å². The second-order valence-electron chi connectivity index (χ2n) is 6.51. The van der Waals surface area contributed by atoms with E-state index in [4.69, 9.17) is 4.74 Å². The number of fused-ring (bicyclic) bond motifs is 1. The van der Waals surface area contributed by atoms with Gasteiger partial charge in [0.25, 0.3) is 5.91 Å². The highest BCUT2D eigenvalue weighted by Gasteiger charge is 2.30. The number of amides is 1. The highest BCUT2D eigenvalue weighted by molar-refractivity contribution is 5.95. The zero-order valence-corrected chi connectivity index (χ0v) is 13.4. The first-order chi connectivity index (χ1) is 11.2. The summed E-state index contributed by atoms with van der Waals surface area (Å²) in [5, 5.41) is 4.36. The maximum Gasteiger partial charge on any atom is 0.254 e. The fraction of sp³-hybridized carbons (Fsp3) is 0.444. The van der Waals surface area contributed by atoms with Gasteiger partial charge >= 0.3 is 0 Å². The van der Waals surface area contributed by atoms with Crippen molar-refractivity contribution in [2.45, 2.75) is 45.6 Å². The van der Waals surface area contributed by atoms with Gasteiger partial charge in [0.2, 0.25) is 0 Å². The lowest BCUT2D eigenvalue weighted by molar-refractivity contribution is 0.0721. The number of carbonyl (C=O) groups excluding carboxylic acids is 1. The number of rotatable bonds is 3. The quantitative estimate of drug-likeness (QED) is 0.875. The second kappa shape index (κ2) is 5.81. The molecule has 23 heavy (non-hydrogen) atoms. The number of nitrogens with zero attached hydrogens (tertiary/aromatic N) is 3. The largest absolute Gasteiger partial charge is 0.372 e. The van der Waals surface area contributed by atoms with Crippen LogP contribution in [0.4, 0.5) is 0 Å². The van der Waals surface area contributed by atoms with Crippen molar-refractivity contribution >= 4 is 5.91 Å². The molecule has 1 fully saturated rings. The Morgan fingerprint density at radius 3 is 3.04 bits per heavy atom. The Morgan fingerprint density at radius 2 is 2.22 bits per heavy atom. The van der Waals surface area contributed by atoms with Gasteiger partial charge in [0.15, 0.2) is 0 Å². The minimum absolute atomic E-state index is 0.131. The summed E-state index contributed by atoms with van der Waals surface area (Å²) in [5.41, 5.74) is 4.28. The number of ether oxygens (including phenoxy) is 1. The molecule has 1 saturated heterocycles. The third kappa shape index (κ3) is 2.77. The lowest BCUT2D eigenvalue weighted by Crippen LogP contribution is -2.38. The summed E-state index contributed by atoms with van der Waals surface area (Å²) in [6, 6.07) is 6.19. The molecule has 5 nitrogen and oxygen atoms in total. The summed E-state index contributed by atoms with van der Waals surface area (Å²) in [7, 11) is 0. The zero-order chi connectivity index (χ0) is 15.8. The molecule has 0 aliphatic carbocycles. The number of hydrogen-bond donors (Lipinski definition) is 0. The van der Waals surface area contributed by atoms with Crippen molar-refractivity contribution in [3.63, 3.8) is 0 Å². The van der Waals surface area contributed by atoms with E-state index in [1.165, 1.54) is 5.56 Å². The number of benzene rings is 1. The fourth-order valence-corrected chi connectivity index (χ4v) is 3.55. The third-order valence-electron chi connectivity index (χ3n) is 4.77. The monoisotopic (exact) mass is 311 g/mol. The summed E-state index contributed by atoms with van der Waals surface area (Å²) in [5.74, 6) is 0.131. The molecule has 1 amide bonds. The number of carbonyl (C=O) groups is 1. The minimum atomic E-state index is 0.131. The van der Waals surface area contributed by atoms with Crippen molar-refractivity contribution in [3.05, 3.63) is 52.8 Å². The predicted octanol–water partition coefficient (Wildman–Crippen LogP) is 2.53. The van der Waals surface area contributed by atoms with Crippen LogP contribution in [0.2, 0.25) is 0 Å². The third-order valence-corrected chi connectivity index (χ3v) is 4.77. The van der Waals surface area contributed by atoms with Gasteiger partial charge in [-0.05, 0) is 48.6 Å². The first-order valence-electron chi connectivity index (χ1n) is 8.20. The first kappa shape index (κ1) is 14.5.